The fraction of sp³-hybridized carbons (Fsp3) is 0.273. The summed E-state index contributed by atoms with van der Waals surface area (Å²) < 4.78 is 29.7. The number of carbonyl (C=O) groups is 4. The van der Waals surface area contributed by atoms with Gasteiger partial charge in [-0.15, -0.1) is 0 Å². The molecule has 2 aliphatic heterocycles. The van der Waals surface area contributed by atoms with E-state index in [1.807, 2.05) is 0 Å². The molecule has 2 unspecified atom stereocenters. The van der Waals surface area contributed by atoms with E-state index in [1.54, 1.807) is 0 Å². The highest BCUT2D eigenvalue weighted by molar-refractivity contribution is 6.45. The zero-order valence-corrected chi connectivity index (χ0v) is 18.9. The number of hydrogen-bond acceptors (Lipinski definition) is 4. The molecule has 0 aliphatic carbocycles. The number of alkyl halides is 2. The van der Waals surface area contributed by atoms with Gasteiger partial charge >= 0.3 is 5.92 Å². The number of nitrogens with one attached hydrogen (secondary N) is 1. The number of benzene rings is 2. The molecule has 2 atom stereocenters. The first kappa shape index (κ1) is 25.0. The lowest BCUT2D eigenvalue weighted by molar-refractivity contribution is -0.154. The number of hydrogen-bond donors (Lipinski definition) is 1. The Bertz CT molecular complexity index is 1260. The predicted molar refractivity (Wildman–Crippen MR) is 124 cm³/mol. The van der Waals surface area contributed by atoms with Crippen LogP contribution in [-0.2, 0) is 26.9 Å². The van der Waals surface area contributed by atoms with Crippen molar-refractivity contribution in [3.05, 3.63) is 63.7 Å². The van der Waals surface area contributed by atoms with E-state index in [9.17, 15) is 28.0 Å². The van der Waals surface area contributed by atoms with Crippen molar-refractivity contribution in [1.82, 2.24) is 15.0 Å². The van der Waals surface area contributed by atoms with Crippen LogP contribution in [-0.4, -0.2) is 63.1 Å². The smallest absolute Gasteiger partial charge is 0.348 e. The van der Waals surface area contributed by atoms with Crippen LogP contribution in [0.2, 0.25) is 5.02 Å². The first-order valence-corrected chi connectivity index (χ1v) is 10.8. The molecular formula is C22H15B3ClF2N3O4. The van der Waals surface area contributed by atoms with Gasteiger partial charge in [0.05, 0.1) is 0 Å². The van der Waals surface area contributed by atoms with E-state index in [1.165, 1.54) is 23.1 Å². The molecule has 4 rings (SSSR count). The number of nitrogens with zero attached hydrogens (tertiary/aromatic N) is 2. The molecule has 1 N–H and O–H groups in total. The summed E-state index contributed by atoms with van der Waals surface area (Å²) in [4.78, 5) is 50.5. The number of rotatable bonds is 5. The molecule has 2 aliphatic rings. The summed E-state index contributed by atoms with van der Waals surface area (Å²) >= 11 is 5.76. The van der Waals surface area contributed by atoms with Gasteiger partial charge in [0.15, 0.2) is 0 Å². The zero-order chi connectivity index (χ0) is 25.7. The van der Waals surface area contributed by atoms with Crippen LogP contribution in [0.4, 0.5) is 8.78 Å². The Balaban J connectivity index is 1.53. The molecule has 6 radical (unpaired) electrons. The van der Waals surface area contributed by atoms with E-state index >= 15 is 0 Å². The van der Waals surface area contributed by atoms with Gasteiger partial charge in [-0.2, -0.15) is 8.78 Å². The Morgan fingerprint density at radius 1 is 1.20 bits per heavy atom. The van der Waals surface area contributed by atoms with Gasteiger partial charge in [-0.25, -0.2) is 0 Å². The van der Waals surface area contributed by atoms with Crippen molar-refractivity contribution in [1.29, 1.82) is 0 Å². The zero-order valence-electron chi connectivity index (χ0n) is 18.1. The topological polar surface area (TPSA) is 86.8 Å². The molecule has 172 valence electrons. The molecule has 2 aromatic carbocycles. The van der Waals surface area contributed by atoms with Crippen molar-refractivity contribution < 1.29 is 28.0 Å². The molecule has 7 nitrogen and oxygen atoms in total. The summed E-state index contributed by atoms with van der Waals surface area (Å²) in [5, 5.41) is 2.26. The summed E-state index contributed by atoms with van der Waals surface area (Å²) in [5.41, 5.74) is 0.136. The van der Waals surface area contributed by atoms with Gasteiger partial charge < -0.3 is 9.71 Å². The minimum absolute atomic E-state index is 0.0414. The lowest BCUT2D eigenvalue weighted by atomic mass is 9.83. The second-order valence-corrected chi connectivity index (χ2v) is 8.69. The molecule has 35 heavy (non-hydrogen) atoms. The number of amides is 4. The van der Waals surface area contributed by atoms with Crippen molar-refractivity contribution in [2.75, 3.05) is 0 Å². The first-order valence-electron chi connectivity index (χ1n) is 10.5. The third kappa shape index (κ3) is 4.47. The molecule has 1 fully saturated rings. The van der Waals surface area contributed by atoms with Gasteiger partial charge in [0.2, 0.25) is 19.8 Å². The molecule has 2 heterocycles. The predicted octanol–water partition coefficient (Wildman–Crippen LogP) is 0.766. The van der Waals surface area contributed by atoms with Crippen molar-refractivity contribution in [3.63, 3.8) is 0 Å². The Labute approximate surface area is 208 Å². The Hall–Kier alpha value is -3.14. The molecule has 0 spiro atoms. The van der Waals surface area contributed by atoms with Crippen molar-refractivity contribution in [2.24, 2.45) is 0 Å². The van der Waals surface area contributed by atoms with Gasteiger partial charge in [-0.1, -0.05) is 41.3 Å². The van der Waals surface area contributed by atoms with Crippen LogP contribution in [0.1, 0.15) is 45.8 Å². The number of carbonyl (C=O) groups excluding carboxylic acids is 4. The van der Waals surface area contributed by atoms with Gasteiger partial charge in [-0.3, -0.25) is 24.5 Å². The highest BCUT2D eigenvalue weighted by Gasteiger charge is 2.44. The summed E-state index contributed by atoms with van der Waals surface area (Å²) in [6.45, 7) is 0.0414. The SMILES string of the molecule is [B]c1cc(C(F)(F)C(=O)N([B])C([B])c2ccc3c(c2)CN(C2CCC(=O)NC2=O)C3=O)ccc1Cl. The largest absolute Gasteiger partial charge is 0.393 e. The maximum absolute atomic E-state index is 14.8. The van der Waals surface area contributed by atoms with Crippen LogP contribution < -0.4 is 10.8 Å². The monoisotopic (exact) mass is 491 g/mol. The first-order chi connectivity index (χ1) is 16.4. The van der Waals surface area contributed by atoms with E-state index < -0.39 is 47.1 Å². The maximum atomic E-state index is 14.8. The Morgan fingerprint density at radius 3 is 2.57 bits per heavy atom. The van der Waals surface area contributed by atoms with Gasteiger partial charge in [0.25, 0.3) is 11.8 Å². The highest BCUT2D eigenvalue weighted by Crippen LogP contribution is 2.34. The number of piperidine rings is 1. The quantitative estimate of drug-likeness (QED) is 0.495. The maximum Gasteiger partial charge on any atom is 0.348 e. The third-order valence-corrected chi connectivity index (χ3v) is 6.39. The molecule has 13 heteroatoms. The van der Waals surface area contributed by atoms with Crippen molar-refractivity contribution in [2.45, 2.75) is 37.3 Å². The van der Waals surface area contributed by atoms with Crippen LogP contribution in [0.15, 0.2) is 36.4 Å². The summed E-state index contributed by atoms with van der Waals surface area (Å²) in [6.07, 6.45) is 0.288. The molecule has 0 bridgehead atoms. The second-order valence-electron chi connectivity index (χ2n) is 8.28. The fourth-order valence-electron chi connectivity index (χ4n) is 4.09. The molecule has 0 aromatic heterocycles. The number of fused-ring (bicyclic) bond motifs is 1. The van der Waals surface area contributed by atoms with Crippen LogP contribution in [0.5, 0.6) is 0 Å². The van der Waals surface area contributed by atoms with Crippen LogP contribution >= 0.6 is 11.6 Å². The lowest BCUT2D eigenvalue weighted by Gasteiger charge is -2.31. The molecule has 0 saturated carbocycles. The van der Waals surface area contributed by atoms with Crippen molar-refractivity contribution >= 4 is 64.4 Å². The normalized spacial score (nSPS) is 18.8. The van der Waals surface area contributed by atoms with E-state index in [2.05, 4.69) is 5.32 Å². The average molecular weight is 491 g/mol. The van der Waals surface area contributed by atoms with E-state index in [4.69, 9.17) is 35.3 Å². The molecular weight excluding hydrogens is 476 g/mol. The Kier molecular flexibility index (Phi) is 6.53. The van der Waals surface area contributed by atoms with E-state index in [0.717, 1.165) is 18.2 Å². The average Bonchev–Trinajstić information content (AvgIpc) is 3.14. The van der Waals surface area contributed by atoms with Gasteiger partial charge in [0.1, 0.15) is 21.7 Å². The summed E-state index contributed by atoms with van der Waals surface area (Å²) in [6, 6.07) is 6.44. The third-order valence-electron chi connectivity index (χ3n) is 6.05. The van der Waals surface area contributed by atoms with E-state index in [0.29, 0.717) is 11.1 Å². The highest BCUT2D eigenvalue weighted by atomic mass is 35.5. The van der Waals surface area contributed by atoms with Crippen LogP contribution in [0, 0.1) is 0 Å². The minimum atomic E-state index is -4.04. The lowest BCUT2D eigenvalue weighted by Crippen LogP contribution is -2.52. The van der Waals surface area contributed by atoms with E-state index in [-0.39, 0.29) is 40.2 Å². The molecule has 1 saturated heterocycles. The van der Waals surface area contributed by atoms with Gasteiger partial charge in [-0.05, 0) is 29.7 Å². The Morgan fingerprint density at radius 2 is 1.91 bits per heavy atom. The van der Waals surface area contributed by atoms with Crippen LogP contribution in [0.25, 0.3) is 0 Å². The minimum Gasteiger partial charge on any atom is -0.393 e. The molecule has 2 aromatic rings. The second kappa shape index (κ2) is 9.15. The van der Waals surface area contributed by atoms with Crippen LogP contribution in [0.3, 0.4) is 0 Å². The standard InChI is InChI=1S/C22H15B3ClF2N3O4/c23-14-8-12(2-4-15(14)26)22(27,28)21(35)31(25)18(24)10-1-3-13-11(7-10)9-30(20(13)34)16-5-6-17(32)29-19(16)33/h1-4,7-8,16,18H,5-6,9H2,(H,29,32,33). The number of halogens is 3. The molecule has 4 amide bonds. The summed E-state index contributed by atoms with van der Waals surface area (Å²) in [7, 11) is 17.3. The summed E-state index contributed by atoms with van der Waals surface area (Å²) in [5.74, 6) is -8.67. The van der Waals surface area contributed by atoms with Gasteiger partial charge in [0, 0.05) is 35.1 Å². The number of imide groups is 1. The van der Waals surface area contributed by atoms with Crippen molar-refractivity contribution in [3.8, 4) is 0 Å². The fourth-order valence-corrected chi connectivity index (χ4v) is 4.21.